The van der Waals surface area contributed by atoms with Gasteiger partial charge in [0, 0.05) is 5.56 Å². The van der Waals surface area contributed by atoms with Gasteiger partial charge in [-0.3, -0.25) is 0 Å². The van der Waals surface area contributed by atoms with Crippen molar-refractivity contribution in [2.75, 3.05) is 0 Å². The van der Waals surface area contributed by atoms with Crippen LogP contribution >= 0.6 is 11.6 Å². The first-order chi connectivity index (χ1) is 10.1. The van der Waals surface area contributed by atoms with Gasteiger partial charge in [-0.15, -0.1) is 5.10 Å². The first kappa shape index (κ1) is 13.3. The van der Waals surface area contributed by atoms with Crippen molar-refractivity contribution in [2.24, 2.45) is 0 Å². The van der Waals surface area contributed by atoms with Crippen molar-refractivity contribution in [2.45, 2.75) is 0 Å². The Labute approximate surface area is 125 Å². The van der Waals surface area contributed by atoms with E-state index in [4.69, 9.17) is 16.7 Å². The van der Waals surface area contributed by atoms with E-state index >= 15 is 0 Å². The fourth-order valence-electron chi connectivity index (χ4n) is 1.95. The maximum atomic E-state index is 11.1. The minimum atomic E-state index is -1.08. The van der Waals surface area contributed by atoms with Crippen molar-refractivity contribution >= 4 is 17.6 Å². The van der Waals surface area contributed by atoms with E-state index in [-0.39, 0.29) is 10.6 Å². The van der Waals surface area contributed by atoms with Gasteiger partial charge in [0.2, 0.25) is 0 Å². The molecule has 0 saturated heterocycles. The molecule has 0 unspecified atom stereocenters. The third-order valence-electron chi connectivity index (χ3n) is 3.01. The van der Waals surface area contributed by atoms with Gasteiger partial charge in [-0.25, -0.2) is 9.48 Å². The number of rotatable bonds is 3. The summed E-state index contributed by atoms with van der Waals surface area (Å²) in [6, 6.07) is 14.3. The lowest BCUT2D eigenvalue weighted by atomic mass is 10.2. The number of hydrogen-bond acceptors (Lipinski definition) is 3. The molecule has 3 rings (SSSR count). The van der Waals surface area contributed by atoms with E-state index in [9.17, 15) is 4.79 Å². The molecule has 1 aromatic heterocycles. The summed E-state index contributed by atoms with van der Waals surface area (Å²) in [4.78, 5) is 11.1. The summed E-state index contributed by atoms with van der Waals surface area (Å²) in [5, 5.41) is 17.4. The summed E-state index contributed by atoms with van der Waals surface area (Å²) in [6.45, 7) is 0. The Bertz CT molecular complexity index is 800. The molecule has 0 amide bonds. The molecule has 2 aromatic carbocycles. The summed E-state index contributed by atoms with van der Waals surface area (Å²) in [5.74, 6) is -1.08. The SMILES string of the molecule is O=C(O)c1cc(-n2cc(-c3ccccc3)nn2)ccc1Cl. The molecule has 3 aromatic rings. The minimum absolute atomic E-state index is 0.0333. The van der Waals surface area contributed by atoms with Gasteiger partial charge in [-0.05, 0) is 18.2 Å². The lowest BCUT2D eigenvalue weighted by Gasteiger charge is -2.03. The van der Waals surface area contributed by atoms with Gasteiger partial charge in [0.05, 0.1) is 22.5 Å². The van der Waals surface area contributed by atoms with Crippen molar-refractivity contribution in [3.63, 3.8) is 0 Å². The van der Waals surface area contributed by atoms with Crippen molar-refractivity contribution in [1.29, 1.82) is 0 Å². The predicted octanol–water partition coefficient (Wildman–Crippen LogP) is 3.29. The summed E-state index contributed by atoms with van der Waals surface area (Å²) in [7, 11) is 0. The summed E-state index contributed by atoms with van der Waals surface area (Å²) < 4.78 is 1.52. The molecule has 0 atom stereocenters. The number of nitrogens with zero attached hydrogens (tertiary/aromatic N) is 3. The second kappa shape index (κ2) is 5.38. The van der Waals surface area contributed by atoms with Crippen LogP contribution in [0.1, 0.15) is 10.4 Å². The van der Waals surface area contributed by atoms with E-state index in [1.165, 1.54) is 16.8 Å². The Hall–Kier alpha value is -2.66. The second-order valence-electron chi connectivity index (χ2n) is 4.38. The highest BCUT2D eigenvalue weighted by atomic mass is 35.5. The zero-order chi connectivity index (χ0) is 14.8. The maximum absolute atomic E-state index is 11.1. The lowest BCUT2D eigenvalue weighted by molar-refractivity contribution is 0.0697. The maximum Gasteiger partial charge on any atom is 0.337 e. The standard InChI is InChI=1S/C15H10ClN3O2/c16-13-7-6-11(8-12(13)15(20)21)19-9-14(17-18-19)10-4-2-1-3-5-10/h1-9H,(H,20,21). The number of carboxylic acids is 1. The number of aromatic nitrogens is 3. The van der Waals surface area contributed by atoms with E-state index in [1.54, 1.807) is 12.3 Å². The van der Waals surface area contributed by atoms with Crippen LogP contribution in [0.15, 0.2) is 54.7 Å². The topological polar surface area (TPSA) is 68.0 Å². The van der Waals surface area contributed by atoms with Crippen LogP contribution in [0, 0.1) is 0 Å². The van der Waals surface area contributed by atoms with Crippen molar-refractivity contribution in [1.82, 2.24) is 15.0 Å². The second-order valence-corrected chi connectivity index (χ2v) is 4.79. The van der Waals surface area contributed by atoms with Crippen molar-refractivity contribution < 1.29 is 9.90 Å². The average molecular weight is 300 g/mol. The largest absolute Gasteiger partial charge is 0.478 e. The van der Waals surface area contributed by atoms with Gasteiger partial charge in [0.25, 0.3) is 0 Å². The molecule has 0 saturated carbocycles. The van der Waals surface area contributed by atoms with E-state index in [2.05, 4.69) is 10.3 Å². The Morgan fingerprint density at radius 3 is 2.62 bits per heavy atom. The van der Waals surface area contributed by atoms with Crippen LogP contribution in [-0.2, 0) is 0 Å². The van der Waals surface area contributed by atoms with Crippen LogP contribution in [-0.4, -0.2) is 26.1 Å². The van der Waals surface area contributed by atoms with Gasteiger partial charge in [-0.1, -0.05) is 47.1 Å². The molecule has 0 spiro atoms. The van der Waals surface area contributed by atoms with Crippen LogP contribution in [0.3, 0.4) is 0 Å². The Balaban J connectivity index is 2.01. The van der Waals surface area contributed by atoms with E-state index in [0.717, 1.165) is 5.56 Å². The summed E-state index contributed by atoms with van der Waals surface area (Å²) in [6.07, 6.45) is 1.74. The number of halogens is 1. The van der Waals surface area contributed by atoms with Crippen LogP contribution in [0.4, 0.5) is 0 Å². The van der Waals surface area contributed by atoms with Crippen molar-refractivity contribution in [3.05, 3.63) is 65.3 Å². The lowest BCUT2D eigenvalue weighted by Crippen LogP contribution is -2.01. The van der Waals surface area contributed by atoms with Gasteiger partial charge >= 0.3 is 5.97 Å². The number of aromatic carboxylic acids is 1. The third-order valence-corrected chi connectivity index (χ3v) is 3.34. The van der Waals surface area contributed by atoms with Crippen molar-refractivity contribution in [3.8, 4) is 16.9 Å². The molecule has 0 aliphatic rings. The molecular weight excluding hydrogens is 290 g/mol. The molecule has 1 N–H and O–H groups in total. The number of carboxylic acid groups (broad SMARTS) is 1. The van der Waals surface area contributed by atoms with E-state index in [0.29, 0.717) is 11.4 Å². The summed E-state index contributed by atoms with van der Waals surface area (Å²) >= 11 is 5.85. The molecule has 0 radical (unpaired) electrons. The van der Waals surface area contributed by atoms with Gasteiger partial charge in [0.1, 0.15) is 5.69 Å². The fourth-order valence-corrected chi connectivity index (χ4v) is 2.15. The first-order valence-corrected chi connectivity index (χ1v) is 6.54. The van der Waals surface area contributed by atoms with Crippen LogP contribution in [0.2, 0.25) is 5.02 Å². The highest BCUT2D eigenvalue weighted by molar-refractivity contribution is 6.33. The molecule has 0 fully saturated rings. The highest BCUT2D eigenvalue weighted by Crippen LogP contribution is 2.21. The van der Waals surface area contributed by atoms with Crippen LogP contribution < -0.4 is 0 Å². The molecule has 0 aliphatic heterocycles. The Kier molecular flexibility index (Phi) is 3.41. The minimum Gasteiger partial charge on any atom is -0.478 e. The monoisotopic (exact) mass is 299 g/mol. The van der Waals surface area contributed by atoms with E-state index in [1.807, 2.05) is 30.3 Å². The zero-order valence-corrected chi connectivity index (χ0v) is 11.5. The molecule has 0 bridgehead atoms. The Morgan fingerprint density at radius 1 is 1.14 bits per heavy atom. The Morgan fingerprint density at radius 2 is 1.90 bits per heavy atom. The number of carbonyl (C=O) groups is 1. The van der Waals surface area contributed by atoms with Gasteiger partial charge < -0.3 is 5.11 Å². The molecule has 5 nitrogen and oxygen atoms in total. The third kappa shape index (κ3) is 2.64. The smallest absolute Gasteiger partial charge is 0.337 e. The average Bonchev–Trinajstić information content (AvgIpc) is 2.98. The van der Waals surface area contributed by atoms with E-state index < -0.39 is 5.97 Å². The molecule has 21 heavy (non-hydrogen) atoms. The predicted molar refractivity (Wildman–Crippen MR) is 78.8 cm³/mol. The zero-order valence-electron chi connectivity index (χ0n) is 10.8. The summed E-state index contributed by atoms with van der Waals surface area (Å²) in [5.41, 5.74) is 2.27. The fraction of sp³-hybridized carbons (Fsp3) is 0. The number of hydrogen-bond donors (Lipinski definition) is 1. The molecule has 0 aliphatic carbocycles. The molecule has 104 valence electrons. The molecule has 6 heteroatoms. The van der Waals surface area contributed by atoms with Crippen LogP contribution in [0.25, 0.3) is 16.9 Å². The quantitative estimate of drug-likeness (QED) is 0.806. The van der Waals surface area contributed by atoms with Gasteiger partial charge in [0.15, 0.2) is 0 Å². The molecular formula is C15H10ClN3O2. The van der Waals surface area contributed by atoms with Gasteiger partial charge in [-0.2, -0.15) is 0 Å². The van der Waals surface area contributed by atoms with Crippen LogP contribution in [0.5, 0.6) is 0 Å². The molecule has 1 heterocycles. The number of benzene rings is 2. The first-order valence-electron chi connectivity index (χ1n) is 6.16. The highest BCUT2D eigenvalue weighted by Gasteiger charge is 2.11. The normalized spacial score (nSPS) is 10.5.